The van der Waals surface area contributed by atoms with Crippen molar-refractivity contribution in [3.05, 3.63) is 83.7 Å². The molecule has 0 N–H and O–H groups in total. The molecule has 0 aliphatic rings. The summed E-state index contributed by atoms with van der Waals surface area (Å²) in [4.78, 5) is 2.32. The van der Waals surface area contributed by atoms with Gasteiger partial charge in [0.1, 0.15) is 0 Å². The summed E-state index contributed by atoms with van der Waals surface area (Å²) in [6, 6.07) is 6.67. The van der Waals surface area contributed by atoms with E-state index in [0.717, 1.165) is 6.54 Å². The molecule has 0 spiro atoms. The van der Waals surface area contributed by atoms with Crippen LogP contribution in [0.5, 0.6) is 0 Å². The van der Waals surface area contributed by atoms with Crippen LogP contribution in [0, 0.1) is 13.8 Å². The summed E-state index contributed by atoms with van der Waals surface area (Å²) >= 11 is 0. The number of benzene rings is 1. The molecule has 1 aromatic rings. The highest BCUT2D eigenvalue weighted by atomic mass is 15.1. The summed E-state index contributed by atoms with van der Waals surface area (Å²) in [5.41, 5.74) is 4.17. The van der Waals surface area contributed by atoms with E-state index in [1.807, 2.05) is 0 Å². The lowest BCUT2D eigenvalue weighted by atomic mass is 10.0. The zero-order valence-electron chi connectivity index (χ0n) is 31.4. The first kappa shape index (κ1) is 42.0. The fraction of sp³-hybridized carbons (Fsp3) is 0.689. The third kappa shape index (κ3) is 26.1. The SMILES string of the molecule is CCCCCCCCCCCCCC/C=C/C=C/N(/C=C/C=C/CCCCCCCCCCCCCC)Cc1cccc(C)c1C. The molecule has 1 rings (SSSR count). The van der Waals surface area contributed by atoms with Crippen molar-refractivity contribution < 1.29 is 0 Å². The van der Waals surface area contributed by atoms with Crippen LogP contribution in [0.15, 0.2) is 67.1 Å². The number of allylic oxidation sites excluding steroid dienone is 6. The summed E-state index contributed by atoms with van der Waals surface area (Å²) in [5.74, 6) is 0. The number of unbranched alkanes of at least 4 members (excludes halogenated alkanes) is 24. The number of hydrogen-bond donors (Lipinski definition) is 0. The van der Waals surface area contributed by atoms with Gasteiger partial charge in [-0.1, -0.05) is 198 Å². The molecule has 0 amide bonds. The highest BCUT2D eigenvalue weighted by Crippen LogP contribution is 2.17. The van der Waals surface area contributed by atoms with Gasteiger partial charge in [-0.3, -0.25) is 0 Å². The average molecular weight is 632 g/mol. The van der Waals surface area contributed by atoms with E-state index in [1.54, 1.807) is 0 Å². The fourth-order valence-corrected chi connectivity index (χ4v) is 6.21. The van der Waals surface area contributed by atoms with E-state index in [2.05, 4.69) is 99.6 Å². The molecule has 0 bridgehead atoms. The molecule has 262 valence electrons. The molecule has 0 fully saturated rings. The third-order valence-electron chi connectivity index (χ3n) is 9.57. The van der Waals surface area contributed by atoms with Crippen LogP contribution < -0.4 is 0 Å². The van der Waals surface area contributed by atoms with E-state index in [4.69, 9.17) is 0 Å². The minimum absolute atomic E-state index is 0.902. The number of aryl methyl sites for hydroxylation is 1. The van der Waals surface area contributed by atoms with Crippen molar-refractivity contribution >= 4 is 0 Å². The van der Waals surface area contributed by atoms with Crippen LogP contribution in [0.4, 0.5) is 0 Å². The zero-order valence-corrected chi connectivity index (χ0v) is 31.4. The first-order chi connectivity index (χ1) is 22.7. The minimum atomic E-state index is 0.902. The van der Waals surface area contributed by atoms with Gasteiger partial charge in [-0.2, -0.15) is 0 Å². The monoisotopic (exact) mass is 632 g/mol. The zero-order chi connectivity index (χ0) is 33.2. The highest BCUT2D eigenvalue weighted by molar-refractivity contribution is 5.33. The van der Waals surface area contributed by atoms with Crippen LogP contribution in [0.25, 0.3) is 0 Å². The van der Waals surface area contributed by atoms with Gasteiger partial charge in [-0.05, 0) is 68.4 Å². The minimum Gasteiger partial charge on any atom is -0.350 e. The molecule has 0 radical (unpaired) electrons. The molecular formula is C45H77N. The first-order valence-corrected chi connectivity index (χ1v) is 20.2. The Hall–Kier alpha value is -2.02. The Balaban J connectivity index is 2.28. The Bertz CT molecular complexity index is 856. The van der Waals surface area contributed by atoms with Gasteiger partial charge in [0.25, 0.3) is 0 Å². The summed E-state index contributed by atoms with van der Waals surface area (Å²) in [6.45, 7) is 9.96. The Kier molecular flexibility index (Phi) is 30.0. The van der Waals surface area contributed by atoms with Gasteiger partial charge in [-0.15, -0.1) is 0 Å². The first-order valence-electron chi connectivity index (χ1n) is 20.2. The summed E-state index contributed by atoms with van der Waals surface area (Å²) in [7, 11) is 0. The van der Waals surface area contributed by atoms with Crippen molar-refractivity contribution in [2.24, 2.45) is 0 Å². The molecule has 0 atom stereocenters. The van der Waals surface area contributed by atoms with Gasteiger partial charge in [0.15, 0.2) is 0 Å². The summed E-state index contributed by atoms with van der Waals surface area (Å²) in [6.07, 6.45) is 54.4. The normalized spacial score (nSPS) is 12.2. The topological polar surface area (TPSA) is 3.24 Å². The van der Waals surface area contributed by atoms with Gasteiger partial charge in [0.05, 0.1) is 0 Å². The van der Waals surface area contributed by atoms with Crippen LogP contribution in [-0.4, -0.2) is 4.90 Å². The van der Waals surface area contributed by atoms with Crippen LogP contribution in [0.3, 0.4) is 0 Å². The summed E-state index contributed by atoms with van der Waals surface area (Å²) in [5, 5.41) is 0. The van der Waals surface area contributed by atoms with Gasteiger partial charge in [0.2, 0.25) is 0 Å². The van der Waals surface area contributed by atoms with Gasteiger partial charge in [0, 0.05) is 18.9 Å². The molecule has 0 aliphatic carbocycles. The molecule has 0 unspecified atom stereocenters. The molecule has 0 heterocycles. The van der Waals surface area contributed by atoms with E-state index >= 15 is 0 Å². The highest BCUT2D eigenvalue weighted by Gasteiger charge is 2.03. The van der Waals surface area contributed by atoms with Crippen molar-refractivity contribution in [2.45, 2.75) is 201 Å². The van der Waals surface area contributed by atoms with Crippen LogP contribution >= 0.6 is 0 Å². The Labute approximate surface area is 289 Å². The van der Waals surface area contributed by atoms with Crippen LogP contribution in [-0.2, 0) is 6.54 Å². The van der Waals surface area contributed by atoms with Crippen molar-refractivity contribution in [1.82, 2.24) is 4.90 Å². The molecular weight excluding hydrogens is 555 g/mol. The Morgan fingerprint density at radius 2 is 0.826 bits per heavy atom. The second kappa shape index (κ2) is 32.9. The van der Waals surface area contributed by atoms with E-state index in [-0.39, 0.29) is 0 Å². The maximum absolute atomic E-state index is 2.35. The predicted molar refractivity (Wildman–Crippen MR) is 209 cm³/mol. The van der Waals surface area contributed by atoms with Gasteiger partial charge in [-0.25, -0.2) is 0 Å². The maximum atomic E-state index is 2.35. The molecule has 0 aliphatic heterocycles. The van der Waals surface area contributed by atoms with Gasteiger partial charge >= 0.3 is 0 Å². The second-order valence-corrected chi connectivity index (χ2v) is 13.9. The molecule has 0 saturated carbocycles. The molecule has 1 aromatic carbocycles. The van der Waals surface area contributed by atoms with Crippen molar-refractivity contribution in [2.75, 3.05) is 0 Å². The molecule has 1 heteroatoms. The smallest absolute Gasteiger partial charge is 0.0472 e. The van der Waals surface area contributed by atoms with Gasteiger partial charge < -0.3 is 4.90 Å². The van der Waals surface area contributed by atoms with Crippen molar-refractivity contribution in [3.8, 4) is 0 Å². The standard InChI is InChI=1S/C45H77N/c1-5-7-9-11-13-15-17-19-21-23-25-27-29-31-33-35-40-46(42-45-39-37-38-43(3)44(45)4)41-36-34-32-30-28-26-24-22-20-18-16-14-12-10-8-6-2/h31-41H,5-30,42H2,1-4H3/b33-31+,34-32+,40-35+,41-36+. The maximum Gasteiger partial charge on any atom is 0.0472 e. The van der Waals surface area contributed by atoms with E-state index < -0.39 is 0 Å². The Morgan fingerprint density at radius 1 is 0.457 bits per heavy atom. The summed E-state index contributed by atoms with van der Waals surface area (Å²) < 4.78 is 0. The van der Waals surface area contributed by atoms with E-state index in [9.17, 15) is 0 Å². The average Bonchev–Trinajstić information content (AvgIpc) is 3.06. The van der Waals surface area contributed by atoms with E-state index in [1.165, 1.54) is 184 Å². The number of hydrogen-bond acceptors (Lipinski definition) is 1. The predicted octanol–water partition coefficient (Wildman–Crippen LogP) is 15.4. The lowest BCUT2D eigenvalue weighted by molar-refractivity contribution is 0.499. The number of nitrogens with zero attached hydrogens (tertiary/aromatic N) is 1. The van der Waals surface area contributed by atoms with Crippen LogP contribution in [0.2, 0.25) is 0 Å². The third-order valence-corrected chi connectivity index (χ3v) is 9.57. The largest absolute Gasteiger partial charge is 0.350 e. The molecule has 1 nitrogen and oxygen atoms in total. The Morgan fingerprint density at radius 3 is 1.22 bits per heavy atom. The lowest BCUT2D eigenvalue weighted by Crippen LogP contribution is -2.10. The molecule has 0 saturated heterocycles. The van der Waals surface area contributed by atoms with E-state index in [0.29, 0.717) is 0 Å². The second-order valence-electron chi connectivity index (χ2n) is 13.9. The van der Waals surface area contributed by atoms with Crippen molar-refractivity contribution in [3.63, 3.8) is 0 Å². The van der Waals surface area contributed by atoms with Crippen LogP contribution in [0.1, 0.15) is 197 Å². The lowest BCUT2D eigenvalue weighted by Gasteiger charge is -2.18. The quantitative estimate of drug-likeness (QED) is 0.0565. The fourth-order valence-electron chi connectivity index (χ4n) is 6.21. The van der Waals surface area contributed by atoms with Crippen molar-refractivity contribution in [1.29, 1.82) is 0 Å². The molecule has 0 aromatic heterocycles. The number of rotatable bonds is 32. The molecule has 46 heavy (non-hydrogen) atoms.